The summed E-state index contributed by atoms with van der Waals surface area (Å²) in [4.78, 5) is 12.8. The molecule has 33 heavy (non-hydrogen) atoms. The van der Waals surface area contributed by atoms with Crippen molar-refractivity contribution in [2.45, 2.75) is 25.8 Å². The molecule has 0 unspecified atom stereocenters. The van der Waals surface area contributed by atoms with Gasteiger partial charge in [0.2, 0.25) is 0 Å². The molecular weight excluding hydrogens is 438 g/mol. The van der Waals surface area contributed by atoms with Crippen molar-refractivity contribution < 1.29 is 14.3 Å². The van der Waals surface area contributed by atoms with E-state index in [1.807, 2.05) is 48.7 Å². The number of ether oxygens (including phenoxy) is 2. The van der Waals surface area contributed by atoms with Crippen LogP contribution in [0.25, 0.3) is 10.9 Å². The third-order valence-electron chi connectivity index (χ3n) is 5.89. The van der Waals surface area contributed by atoms with Crippen molar-refractivity contribution in [3.63, 3.8) is 0 Å². The van der Waals surface area contributed by atoms with E-state index >= 15 is 0 Å². The maximum absolute atomic E-state index is 12.8. The van der Waals surface area contributed by atoms with Crippen LogP contribution in [0.15, 0.2) is 48.7 Å². The van der Waals surface area contributed by atoms with Crippen molar-refractivity contribution in [3.05, 3.63) is 59.2 Å². The van der Waals surface area contributed by atoms with Crippen LogP contribution in [0.3, 0.4) is 0 Å². The molecule has 1 heterocycles. The van der Waals surface area contributed by atoms with E-state index in [1.54, 1.807) is 7.11 Å². The van der Waals surface area contributed by atoms with Crippen LogP contribution in [0.2, 0.25) is 5.02 Å². The van der Waals surface area contributed by atoms with Crippen molar-refractivity contribution in [2.24, 2.45) is 5.92 Å². The summed E-state index contributed by atoms with van der Waals surface area (Å²) in [5, 5.41) is 8.56. The van der Waals surface area contributed by atoms with Gasteiger partial charge in [-0.15, -0.1) is 0 Å². The van der Waals surface area contributed by atoms with E-state index in [1.165, 1.54) is 0 Å². The van der Waals surface area contributed by atoms with Crippen molar-refractivity contribution >= 4 is 28.3 Å². The van der Waals surface area contributed by atoms with Crippen molar-refractivity contribution in [3.8, 4) is 11.5 Å². The zero-order valence-electron chi connectivity index (χ0n) is 19.1. The third kappa shape index (κ3) is 6.28. The first kappa shape index (κ1) is 23.6. The number of halogens is 1. The van der Waals surface area contributed by atoms with Gasteiger partial charge in [0.15, 0.2) is 5.78 Å². The number of carbonyl (C=O) groups is 1. The molecule has 0 aliphatic heterocycles. The van der Waals surface area contributed by atoms with Crippen LogP contribution in [0.1, 0.15) is 29.6 Å². The molecule has 1 aliphatic rings. The molecule has 0 radical (unpaired) electrons. The fraction of sp³-hybridized carbons (Fsp3) is 0.423. The van der Waals surface area contributed by atoms with Crippen molar-refractivity contribution in [1.82, 2.24) is 15.2 Å². The number of para-hydroxylation sites is 1. The topological polar surface area (TPSA) is 64.5 Å². The normalized spacial score (nSPS) is 13.4. The number of aromatic nitrogens is 1. The Morgan fingerprint density at radius 3 is 2.55 bits per heavy atom. The standard InChI is InChI=1S/C26H32ClN3O3/c1-32-24-5-2-4-22-23(26(31)19-6-7-19)18-30(25(22)24)16-3-12-28-13-14-29-15-17-33-21-10-8-20(27)9-11-21/h2,4-5,8-11,18-19,28-29H,3,6-7,12-17H2,1H3. The number of ketones is 1. The lowest BCUT2D eigenvalue weighted by Crippen LogP contribution is -2.30. The number of fused-ring (bicyclic) bond motifs is 1. The largest absolute Gasteiger partial charge is 0.495 e. The number of Topliss-reactive ketones (excluding diaryl/α,β-unsaturated/α-hetero) is 1. The van der Waals surface area contributed by atoms with E-state index in [9.17, 15) is 4.79 Å². The molecule has 3 aromatic rings. The van der Waals surface area contributed by atoms with Gasteiger partial charge in [-0.1, -0.05) is 23.7 Å². The molecule has 1 aromatic heterocycles. The van der Waals surface area contributed by atoms with E-state index in [4.69, 9.17) is 21.1 Å². The van der Waals surface area contributed by atoms with Gasteiger partial charge in [0, 0.05) is 54.3 Å². The molecule has 2 N–H and O–H groups in total. The second-order valence-corrected chi connectivity index (χ2v) is 8.82. The van der Waals surface area contributed by atoms with Crippen molar-refractivity contribution in [2.75, 3.05) is 39.9 Å². The Balaban J connectivity index is 1.17. The highest BCUT2D eigenvalue weighted by molar-refractivity contribution is 6.30. The second kappa shape index (κ2) is 11.5. The number of hydrogen-bond donors (Lipinski definition) is 2. The number of methoxy groups -OCH3 is 1. The second-order valence-electron chi connectivity index (χ2n) is 8.39. The maximum atomic E-state index is 12.8. The predicted molar refractivity (Wildman–Crippen MR) is 133 cm³/mol. The molecule has 1 fully saturated rings. The highest BCUT2D eigenvalue weighted by Gasteiger charge is 2.32. The van der Waals surface area contributed by atoms with Gasteiger partial charge in [-0.25, -0.2) is 0 Å². The van der Waals surface area contributed by atoms with Gasteiger partial charge >= 0.3 is 0 Å². The molecule has 176 valence electrons. The van der Waals surface area contributed by atoms with Crippen LogP contribution in [-0.4, -0.2) is 50.2 Å². The highest BCUT2D eigenvalue weighted by Crippen LogP contribution is 2.37. The zero-order chi connectivity index (χ0) is 23.0. The van der Waals surface area contributed by atoms with Gasteiger partial charge in [-0.2, -0.15) is 0 Å². The number of benzene rings is 2. The van der Waals surface area contributed by atoms with Gasteiger partial charge < -0.3 is 24.7 Å². The summed E-state index contributed by atoms with van der Waals surface area (Å²) in [5.74, 6) is 2.13. The first-order valence-electron chi connectivity index (χ1n) is 11.7. The summed E-state index contributed by atoms with van der Waals surface area (Å²) in [6.45, 7) is 4.92. The van der Waals surface area contributed by atoms with Gasteiger partial charge in [-0.3, -0.25) is 4.79 Å². The fourth-order valence-corrected chi connectivity index (χ4v) is 4.13. The van der Waals surface area contributed by atoms with Gasteiger partial charge in [0.1, 0.15) is 18.1 Å². The van der Waals surface area contributed by atoms with Crippen LogP contribution >= 0.6 is 11.6 Å². The van der Waals surface area contributed by atoms with Gasteiger partial charge in [0.05, 0.1) is 12.6 Å². The Labute approximate surface area is 200 Å². The maximum Gasteiger partial charge on any atom is 0.168 e. The number of hydrogen-bond acceptors (Lipinski definition) is 5. The first-order valence-corrected chi connectivity index (χ1v) is 12.0. The summed E-state index contributed by atoms with van der Waals surface area (Å²) in [6.07, 6.45) is 5.02. The third-order valence-corrected chi connectivity index (χ3v) is 6.14. The lowest BCUT2D eigenvalue weighted by atomic mass is 10.1. The van der Waals surface area contributed by atoms with Crippen LogP contribution in [0, 0.1) is 5.92 Å². The van der Waals surface area contributed by atoms with E-state index in [0.29, 0.717) is 11.6 Å². The lowest BCUT2D eigenvalue weighted by molar-refractivity contribution is 0.0969. The van der Waals surface area contributed by atoms with Crippen LogP contribution in [-0.2, 0) is 6.54 Å². The summed E-state index contributed by atoms with van der Waals surface area (Å²) in [6, 6.07) is 13.4. The molecule has 4 rings (SSSR count). The average molecular weight is 470 g/mol. The molecule has 6 nitrogen and oxygen atoms in total. The van der Waals surface area contributed by atoms with Crippen LogP contribution in [0.5, 0.6) is 11.5 Å². The van der Waals surface area contributed by atoms with E-state index in [-0.39, 0.29) is 11.7 Å². The first-order chi connectivity index (χ1) is 16.2. The lowest BCUT2D eigenvalue weighted by Gasteiger charge is -2.10. The Morgan fingerprint density at radius 1 is 1.06 bits per heavy atom. The summed E-state index contributed by atoms with van der Waals surface area (Å²) < 4.78 is 13.4. The average Bonchev–Trinajstić information content (AvgIpc) is 3.62. The zero-order valence-corrected chi connectivity index (χ0v) is 19.9. The number of aryl methyl sites for hydroxylation is 1. The molecule has 1 aliphatic carbocycles. The molecular formula is C26H32ClN3O3. The number of carbonyl (C=O) groups excluding carboxylic acids is 1. The smallest absolute Gasteiger partial charge is 0.168 e. The predicted octanol–water partition coefficient (Wildman–Crippen LogP) is 4.54. The number of nitrogens with one attached hydrogen (secondary N) is 2. The SMILES string of the molecule is COc1cccc2c(C(=O)C3CC3)cn(CCCNCCNCCOc3ccc(Cl)cc3)c12. The van der Waals surface area contributed by atoms with Gasteiger partial charge in [-0.05, 0) is 56.1 Å². The Kier molecular flexibility index (Phi) is 8.26. The minimum Gasteiger partial charge on any atom is -0.495 e. The molecule has 1 saturated carbocycles. The van der Waals surface area contributed by atoms with Crippen LogP contribution < -0.4 is 20.1 Å². The number of nitrogens with zero attached hydrogens (tertiary/aromatic N) is 1. The fourth-order valence-electron chi connectivity index (χ4n) is 4.00. The Bertz CT molecular complexity index is 1060. The summed E-state index contributed by atoms with van der Waals surface area (Å²) >= 11 is 5.87. The molecule has 0 saturated heterocycles. The quantitative estimate of drug-likeness (QED) is 0.268. The Morgan fingerprint density at radius 2 is 1.82 bits per heavy atom. The summed E-state index contributed by atoms with van der Waals surface area (Å²) in [7, 11) is 1.68. The molecule has 0 atom stereocenters. The highest BCUT2D eigenvalue weighted by atomic mass is 35.5. The molecule has 2 aromatic carbocycles. The monoisotopic (exact) mass is 469 g/mol. The number of rotatable bonds is 14. The van der Waals surface area contributed by atoms with E-state index < -0.39 is 0 Å². The van der Waals surface area contributed by atoms with E-state index in [0.717, 1.165) is 80.0 Å². The molecule has 0 spiro atoms. The minimum absolute atomic E-state index is 0.209. The van der Waals surface area contributed by atoms with Crippen molar-refractivity contribution in [1.29, 1.82) is 0 Å². The molecule has 0 amide bonds. The van der Waals surface area contributed by atoms with E-state index in [2.05, 4.69) is 15.2 Å². The Hall–Kier alpha value is -2.54. The summed E-state index contributed by atoms with van der Waals surface area (Å²) in [5.41, 5.74) is 1.86. The minimum atomic E-state index is 0.209. The van der Waals surface area contributed by atoms with Gasteiger partial charge in [0.25, 0.3) is 0 Å². The van der Waals surface area contributed by atoms with Crippen LogP contribution in [0.4, 0.5) is 0 Å². The molecule has 0 bridgehead atoms. The molecule has 7 heteroatoms.